The summed E-state index contributed by atoms with van der Waals surface area (Å²) < 4.78 is 0. The number of aliphatic imine (C=N–C) groups is 1. The Morgan fingerprint density at radius 2 is 2.00 bits per heavy atom. The molecule has 1 aliphatic rings. The number of guanidine groups is 1. The maximum atomic E-state index is 7.53. The van der Waals surface area contributed by atoms with Gasteiger partial charge in [0.2, 0.25) is 5.96 Å². The first-order valence-corrected chi connectivity index (χ1v) is 6.18. The molecule has 3 N–H and O–H groups in total. The first kappa shape index (κ1) is 13.0. The molecule has 4 nitrogen and oxygen atoms in total. The highest BCUT2D eigenvalue weighted by Gasteiger charge is 2.14. The summed E-state index contributed by atoms with van der Waals surface area (Å²) in [5, 5.41) is 7.53. The zero-order valence-corrected chi connectivity index (χ0v) is 10.5. The molecule has 92 valence electrons. The Morgan fingerprint density at radius 3 is 2.56 bits per heavy atom. The molecule has 0 atom stereocenters. The Hall–Kier alpha value is -1.06. The Kier molecular flexibility index (Phi) is 5.29. The maximum absolute atomic E-state index is 7.53. The van der Waals surface area contributed by atoms with Crippen molar-refractivity contribution < 1.29 is 0 Å². The van der Waals surface area contributed by atoms with Gasteiger partial charge in [-0.15, -0.1) is 0 Å². The lowest BCUT2D eigenvalue weighted by Gasteiger charge is -2.10. The van der Waals surface area contributed by atoms with Crippen LogP contribution in [-0.2, 0) is 0 Å². The number of nitrogens with two attached hydrogens (primary N) is 1. The molecular weight excluding hydrogens is 200 g/mol. The third-order valence-electron chi connectivity index (χ3n) is 3.19. The van der Waals surface area contributed by atoms with E-state index in [0.717, 1.165) is 18.8 Å². The van der Waals surface area contributed by atoms with Crippen molar-refractivity contribution >= 4 is 11.8 Å². The van der Waals surface area contributed by atoms with Crippen molar-refractivity contribution in [1.82, 2.24) is 4.90 Å². The fourth-order valence-corrected chi connectivity index (χ4v) is 2.16. The van der Waals surface area contributed by atoms with Crippen LogP contribution in [0.2, 0.25) is 0 Å². The smallest absolute Gasteiger partial charge is 0.218 e. The van der Waals surface area contributed by atoms with Crippen LogP contribution in [0.4, 0.5) is 0 Å². The van der Waals surface area contributed by atoms with Crippen LogP contribution in [0.1, 0.15) is 44.9 Å². The SMILES string of the molecule is CN(C)C(=N)N=C(N)CCCC1CCCC1. The third-order valence-corrected chi connectivity index (χ3v) is 3.19. The molecule has 0 heterocycles. The molecule has 0 bridgehead atoms. The van der Waals surface area contributed by atoms with Crippen LogP contribution in [0, 0.1) is 11.3 Å². The second-order valence-corrected chi connectivity index (χ2v) is 4.86. The summed E-state index contributed by atoms with van der Waals surface area (Å²) in [6.07, 6.45) is 8.80. The summed E-state index contributed by atoms with van der Waals surface area (Å²) >= 11 is 0. The van der Waals surface area contributed by atoms with Gasteiger partial charge in [0.25, 0.3) is 0 Å². The van der Waals surface area contributed by atoms with Crippen LogP contribution in [0.25, 0.3) is 0 Å². The number of nitrogens with zero attached hydrogens (tertiary/aromatic N) is 2. The van der Waals surface area contributed by atoms with Crippen molar-refractivity contribution in [2.75, 3.05) is 14.1 Å². The Morgan fingerprint density at radius 1 is 1.38 bits per heavy atom. The van der Waals surface area contributed by atoms with E-state index in [1.54, 1.807) is 19.0 Å². The molecule has 0 aromatic carbocycles. The second kappa shape index (κ2) is 6.51. The minimum atomic E-state index is 0.235. The molecule has 0 spiro atoms. The van der Waals surface area contributed by atoms with E-state index in [0.29, 0.717) is 5.84 Å². The van der Waals surface area contributed by atoms with Gasteiger partial charge in [0, 0.05) is 20.5 Å². The summed E-state index contributed by atoms with van der Waals surface area (Å²) in [5.41, 5.74) is 5.78. The number of hydrogen-bond acceptors (Lipinski definition) is 1. The number of amidine groups is 1. The van der Waals surface area contributed by atoms with Crippen molar-refractivity contribution in [1.29, 1.82) is 5.41 Å². The van der Waals surface area contributed by atoms with Crippen molar-refractivity contribution in [3.05, 3.63) is 0 Å². The van der Waals surface area contributed by atoms with Gasteiger partial charge in [-0.3, -0.25) is 5.41 Å². The van der Waals surface area contributed by atoms with E-state index in [4.69, 9.17) is 11.1 Å². The van der Waals surface area contributed by atoms with Crippen LogP contribution in [0.15, 0.2) is 4.99 Å². The maximum Gasteiger partial charge on any atom is 0.218 e. The molecule has 0 aliphatic heterocycles. The average Bonchev–Trinajstić information content (AvgIpc) is 2.70. The summed E-state index contributed by atoms with van der Waals surface area (Å²) in [6, 6.07) is 0. The summed E-state index contributed by atoms with van der Waals surface area (Å²) in [5.74, 6) is 1.75. The Labute approximate surface area is 98.4 Å². The monoisotopic (exact) mass is 224 g/mol. The lowest BCUT2D eigenvalue weighted by molar-refractivity contribution is 0.489. The van der Waals surface area contributed by atoms with E-state index in [-0.39, 0.29) is 5.96 Å². The molecule has 0 aromatic heterocycles. The summed E-state index contributed by atoms with van der Waals surface area (Å²) in [7, 11) is 3.61. The van der Waals surface area contributed by atoms with Crippen LogP contribution < -0.4 is 5.73 Å². The van der Waals surface area contributed by atoms with Gasteiger partial charge < -0.3 is 10.6 Å². The van der Waals surface area contributed by atoms with Crippen molar-refractivity contribution in [2.24, 2.45) is 16.6 Å². The van der Waals surface area contributed by atoms with Crippen LogP contribution in [0.3, 0.4) is 0 Å². The normalized spacial score (nSPS) is 17.8. The van der Waals surface area contributed by atoms with Crippen molar-refractivity contribution in [3.63, 3.8) is 0 Å². The zero-order valence-electron chi connectivity index (χ0n) is 10.5. The van der Waals surface area contributed by atoms with Crippen LogP contribution in [-0.4, -0.2) is 30.8 Å². The molecular formula is C12H24N4. The molecule has 1 rings (SSSR count). The fraction of sp³-hybridized carbons (Fsp3) is 0.833. The van der Waals surface area contributed by atoms with E-state index < -0.39 is 0 Å². The van der Waals surface area contributed by atoms with Crippen molar-refractivity contribution in [3.8, 4) is 0 Å². The zero-order chi connectivity index (χ0) is 12.0. The predicted octanol–water partition coefficient (Wildman–Crippen LogP) is 2.20. The van der Waals surface area contributed by atoms with E-state index in [1.807, 2.05) is 0 Å². The van der Waals surface area contributed by atoms with E-state index >= 15 is 0 Å². The third kappa shape index (κ3) is 4.64. The van der Waals surface area contributed by atoms with Gasteiger partial charge in [-0.05, 0) is 12.3 Å². The summed E-state index contributed by atoms with van der Waals surface area (Å²) in [4.78, 5) is 5.70. The van der Waals surface area contributed by atoms with E-state index in [1.165, 1.54) is 32.1 Å². The Balaban J connectivity index is 2.18. The lowest BCUT2D eigenvalue weighted by Crippen LogP contribution is -2.23. The largest absolute Gasteiger partial charge is 0.387 e. The minimum Gasteiger partial charge on any atom is -0.387 e. The van der Waals surface area contributed by atoms with Crippen LogP contribution in [0.5, 0.6) is 0 Å². The molecule has 0 aromatic rings. The average molecular weight is 224 g/mol. The first-order valence-electron chi connectivity index (χ1n) is 6.18. The van der Waals surface area contributed by atoms with Gasteiger partial charge >= 0.3 is 0 Å². The minimum absolute atomic E-state index is 0.235. The molecule has 0 radical (unpaired) electrons. The lowest BCUT2D eigenvalue weighted by atomic mass is 10.0. The van der Waals surface area contributed by atoms with Crippen LogP contribution >= 0.6 is 0 Å². The molecule has 4 heteroatoms. The molecule has 0 saturated heterocycles. The van der Waals surface area contributed by atoms with Crippen molar-refractivity contribution in [2.45, 2.75) is 44.9 Å². The topological polar surface area (TPSA) is 65.5 Å². The molecule has 0 unspecified atom stereocenters. The molecule has 1 fully saturated rings. The van der Waals surface area contributed by atoms with Gasteiger partial charge in [0.05, 0.1) is 0 Å². The highest BCUT2D eigenvalue weighted by Crippen LogP contribution is 2.28. The van der Waals surface area contributed by atoms with Gasteiger partial charge in [-0.25, -0.2) is 4.99 Å². The number of nitrogens with one attached hydrogen (secondary N) is 1. The number of hydrogen-bond donors (Lipinski definition) is 2. The molecule has 0 amide bonds. The van der Waals surface area contributed by atoms with E-state index in [2.05, 4.69) is 4.99 Å². The van der Waals surface area contributed by atoms with Gasteiger partial charge in [0.1, 0.15) is 5.84 Å². The highest BCUT2D eigenvalue weighted by molar-refractivity contribution is 5.93. The van der Waals surface area contributed by atoms with Gasteiger partial charge in [-0.1, -0.05) is 32.1 Å². The highest BCUT2D eigenvalue weighted by atomic mass is 15.2. The molecule has 1 aliphatic carbocycles. The van der Waals surface area contributed by atoms with Gasteiger partial charge in [-0.2, -0.15) is 0 Å². The van der Waals surface area contributed by atoms with E-state index in [9.17, 15) is 0 Å². The second-order valence-electron chi connectivity index (χ2n) is 4.86. The number of rotatable bonds is 4. The van der Waals surface area contributed by atoms with Gasteiger partial charge in [0.15, 0.2) is 0 Å². The standard InChI is InChI=1S/C12H24N4/c1-16(2)12(14)15-11(13)9-5-8-10-6-3-4-7-10/h10H,3-9H2,1-2H3,(H3,13,14,15). The molecule has 1 saturated carbocycles. The first-order chi connectivity index (χ1) is 7.59. The fourth-order valence-electron chi connectivity index (χ4n) is 2.16. The predicted molar refractivity (Wildman–Crippen MR) is 68.8 cm³/mol. The quantitative estimate of drug-likeness (QED) is 0.568. The Bertz CT molecular complexity index is 252. The summed E-state index contributed by atoms with van der Waals surface area (Å²) in [6.45, 7) is 0. The molecule has 16 heavy (non-hydrogen) atoms.